The Morgan fingerprint density at radius 3 is 2.59 bits per heavy atom. The largest absolute Gasteiger partial charge is 0.342 e. The fourth-order valence-corrected chi connectivity index (χ4v) is 2.21. The van der Waals surface area contributed by atoms with Crippen LogP contribution in [-0.2, 0) is 9.59 Å². The van der Waals surface area contributed by atoms with Gasteiger partial charge in [-0.2, -0.15) is 0 Å². The number of hydrogen-bond donors (Lipinski definition) is 1. The molecule has 1 rings (SSSR count). The Kier molecular flexibility index (Phi) is 4.73. The molecule has 0 unspecified atom stereocenters. The minimum Gasteiger partial charge on any atom is -0.342 e. The zero-order valence-electron chi connectivity index (χ0n) is 10.8. The predicted octanol–water partition coefficient (Wildman–Crippen LogP) is 1.47. The summed E-state index contributed by atoms with van der Waals surface area (Å²) in [6.45, 7) is 8.72. The van der Waals surface area contributed by atoms with Gasteiger partial charge in [0.1, 0.15) is 5.54 Å². The summed E-state index contributed by atoms with van der Waals surface area (Å²) in [5.74, 6) is 0.0263. The fourth-order valence-electron chi connectivity index (χ4n) is 2.21. The van der Waals surface area contributed by atoms with Crippen molar-refractivity contribution in [2.45, 2.75) is 45.1 Å². The van der Waals surface area contributed by atoms with Crippen molar-refractivity contribution in [3.8, 4) is 0 Å². The van der Waals surface area contributed by atoms with Crippen molar-refractivity contribution in [3.63, 3.8) is 0 Å². The molecule has 0 bridgehead atoms. The van der Waals surface area contributed by atoms with Crippen LogP contribution in [0.3, 0.4) is 0 Å². The van der Waals surface area contributed by atoms with Gasteiger partial charge in [-0.25, -0.2) is 0 Å². The van der Waals surface area contributed by atoms with Crippen molar-refractivity contribution in [1.29, 1.82) is 0 Å². The standard InChI is InChI=1S/C13H22N2O2/c1-4-7-9-15-10-8-11(16)14-13(5-2,6-3)12(15)17/h4H,1,5-10H2,2-3H3,(H,14,16). The predicted molar refractivity (Wildman–Crippen MR) is 67.5 cm³/mol. The summed E-state index contributed by atoms with van der Waals surface area (Å²) in [7, 11) is 0. The van der Waals surface area contributed by atoms with E-state index in [4.69, 9.17) is 0 Å². The molecule has 1 aliphatic heterocycles. The average Bonchev–Trinajstić information content (AvgIpc) is 2.46. The molecule has 4 heteroatoms. The van der Waals surface area contributed by atoms with E-state index in [0.717, 1.165) is 6.42 Å². The molecule has 0 spiro atoms. The number of nitrogens with one attached hydrogen (secondary N) is 1. The van der Waals surface area contributed by atoms with Gasteiger partial charge >= 0.3 is 0 Å². The molecule has 1 fully saturated rings. The van der Waals surface area contributed by atoms with Crippen molar-refractivity contribution in [2.24, 2.45) is 0 Å². The summed E-state index contributed by atoms with van der Waals surface area (Å²) < 4.78 is 0. The highest BCUT2D eigenvalue weighted by Gasteiger charge is 2.41. The van der Waals surface area contributed by atoms with E-state index in [9.17, 15) is 9.59 Å². The lowest BCUT2D eigenvalue weighted by atomic mass is 9.91. The Labute approximate surface area is 103 Å². The summed E-state index contributed by atoms with van der Waals surface area (Å²) in [6, 6.07) is 0. The molecule has 2 amide bonds. The van der Waals surface area contributed by atoms with Crippen LogP contribution >= 0.6 is 0 Å². The van der Waals surface area contributed by atoms with Gasteiger partial charge in [-0.15, -0.1) is 6.58 Å². The maximum Gasteiger partial charge on any atom is 0.248 e. The van der Waals surface area contributed by atoms with Crippen LogP contribution in [0, 0.1) is 0 Å². The second-order valence-electron chi connectivity index (χ2n) is 4.46. The van der Waals surface area contributed by atoms with Crippen LogP contribution in [0.2, 0.25) is 0 Å². The maximum absolute atomic E-state index is 12.5. The van der Waals surface area contributed by atoms with Crippen LogP contribution in [0.15, 0.2) is 12.7 Å². The van der Waals surface area contributed by atoms with Gasteiger partial charge in [-0.05, 0) is 19.3 Å². The van der Waals surface area contributed by atoms with Gasteiger partial charge < -0.3 is 10.2 Å². The van der Waals surface area contributed by atoms with Crippen LogP contribution in [0.4, 0.5) is 0 Å². The number of nitrogens with zero attached hydrogens (tertiary/aromatic N) is 1. The molecular weight excluding hydrogens is 216 g/mol. The lowest BCUT2D eigenvalue weighted by Crippen LogP contribution is -2.56. The molecule has 1 N–H and O–H groups in total. The number of rotatable bonds is 5. The van der Waals surface area contributed by atoms with Gasteiger partial charge in [-0.1, -0.05) is 19.9 Å². The Morgan fingerprint density at radius 2 is 2.06 bits per heavy atom. The molecule has 17 heavy (non-hydrogen) atoms. The SMILES string of the molecule is C=CCCN1CCC(=O)NC(CC)(CC)C1=O. The van der Waals surface area contributed by atoms with Crippen molar-refractivity contribution in [3.05, 3.63) is 12.7 Å². The first-order valence-corrected chi connectivity index (χ1v) is 6.31. The lowest BCUT2D eigenvalue weighted by Gasteiger charge is -2.33. The fraction of sp³-hybridized carbons (Fsp3) is 0.692. The van der Waals surface area contributed by atoms with Crippen LogP contribution in [0.1, 0.15) is 39.5 Å². The number of carbonyl (C=O) groups excluding carboxylic acids is 2. The highest BCUT2D eigenvalue weighted by atomic mass is 16.2. The van der Waals surface area contributed by atoms with Crippen LogP contribution in [0.25, 0.3) is 0 Å². The summed E-state index contributed by atoms with van der Waals surface area (Å²) in [6.07, 6.45) is 4.23. The molecule has 1 heterocycles. The third-order valence-electron chi connectivity index (χ3n) is 3.49. The van der Waals surface area contributed by atoms with E-state index in [1.807, 2.05) is 13.8 Å². The van der Waals surface area contributed by atoms with Crippen molar-refractivity contribution in [2.75, 3.05) is 13.1 Å². The maximum atomic E-state index is 12.5. The number of amides is 2. The molecule has 0 radical (unpaired) electrons. The molecule has 1 saturated heterocycles. The van der Waals surface area contributed by atoms with Gasteiger partial charge in [-0.3, -0.25) is 9.59 Å². The van der Waals surface area contributed by atoms with Crippen LogP contribution in [-0.4, -0.2) is 35.3 Å². The van der Waals surface area contributed by atoms with Crippen LogP contribution < -0.4 is 5.32 Å². The second kappa shape index (κ2) is 5.84. The summed E-state index contributed by atoms with van der Waals surface area (Å²) in [5, 5.41) is 2.89. The van der Waals surface area contributed by atoms with Gasteiger partial charge in [0.25, 0.3) is 0 Å². The third kappa shape index (κ3) is 2.87. The smallest absolute Gasteiger partial charge is 0.248 e. The zero-order chi connectivity index (χ0) is 12.9. The molecule has 0 aromatic rings. The van der Waals surface area contributed by atoms with E-state index in [1.54, 1.807) is 11.0 Å². The minimum atomic E-state index is -0.700. The van der Waals surface area contributed by atoms with E-state index < -0.39 is 5.54 Å². The van der Waals surface area contributed by atoms with Gasteiger partial charge in [0.05, 0.1) is 0 Å². The topological polar surface area (TPSA) is 49.4 Å². The van der Waals surface area contributed by atoms with Crippen molar-refractivity contribution >= 4 is 11.8 Å². The summed E-state index contributed by atoms with van der Waals surface area (Å²) in [5.41, 5.74) is -0.700. The Hall–Kier alpha value is -1.32. The molecule has 0 aliphatic carbocycles. The molecule has 0 aromatic carbocycles. The highest BCUT2D eigenvalue weighted by Crippen LogP contribution is 2.21. The first-order valence-electron chi connectivity index (χ1n) is 6.31. The molecule has 0 aromatic heterocycles. The van der Waals surface area contributed by atoms with E-state index in [2.05, 4.69) is 11.9 Å². The van der Waals surface area contributed by atoms with Gasteiger partial charge in [0.2, 0.25) is 11.8 Å². The second-order valence-corrected chi connectivity index (χ2v) is 4.46. The van der Waals surface area contributed by atoms with E-state index in [-0.39, 0.29) is 11.8 Å². The average molecular weight is 238 g/mol. The van der Waals surface area contributed by atoms with Crippen molar-refractivity contribution in [1.82, 2.24) is 10.2 Å². The normalized spacial score (nSPS) is 19.8. The van der Waals surface area contributed by atoms with Gasteiger partial charge in [0, 0.05) is 19.5 Å². The monoisotopic (exact) mass is 238 g/mol. The molecule has 0 atom stereocenters. The molecule has 4 nitrogen and oxygen atoms in total. The molecule has 1 aliphatic rings. The molecule has 96 valence electrons. The molecule has 0 saturated carbocycles. The van der Waals surface area contributed by atoms with Crippen LogP contribution in [0.5, 0.6) is 0 Å². The number of carbonyl (C=O) groups is 2. The van der Waals surface area contributed by atoms with E-state index >= 15 is 0 Å². The summed E-state index contributed by atoms with van der Waals surface area (Å²) in [4.78, 5) is 25.9. The molecular formula is C13H22N2O2. The van der Waals surface area contributed by atoms with Crippen molar-refractivity contribution < 1.29 is 9.59 Å². The highest BCUT2D eigenvalue weighted by molar-refractivity contribution is 5.93. The van der Waals surface area contributed by atoms with Gasteiger partial charge in [0.15, 0.2) is 0 Å². The van der Waals surface area contributed by atoms with E-state index in [0.29, 0.717) is 32.4 Å². The Morgan fingerprint density at radius 1 is 1.41 bits per heavy atom. The first-order chi connectivity index (χ1) is 8.09. The quantitative estimate of drug-likeness (QED) is 0.737. The minimum absolute atomic E-state index is 0.0249. The number of hydrogen-bond acceptors (Lipinski definition) is 2. The zero-order valence-corrected chi connectivity index (χ0v) is 10.8. The summed E-state index contributed by atoms with van der Waals surface area (Å²) >= 11 is 0. The first kappa shape index (κ1) is 13.7. The third-order valence-corrected chi connectivity index (χ3v) is 3.49. The Balaban J connectivity index is 2.91. The Bertz CT molecular complexity index is 309. The van der Waals surface area contributed by atoms with E-state index in [1.165, 1.54) is 0 Å². The lowest BCUT2D eigenvalue weighted by molar-refractivity contribution is -0.139.